The lowest BCUT2D eigenvalue weighted by Gasteiger charge is -2.17. The van der Waals surface area contributed by atoms with Crippen molar-refractivity contribution >= 4 is 27.5 Å². The quantitative estimate of drug-likeness (QED) is 0.616. The number of nitrogens with one attached hydrogen (secondary N) is 1. The van der Waals surface area contributed by atoms with Gasteiger partial charge in [0.25, 0.3) is 21.8 Å². The van der Waals surface area contributed by atoms with E-state index in [1.165, 1.54) is 19.2 Å². The average molecular weight is 422 g/mol. The summed E-state index contributed by atoms with van der Waals surface area (Å²) in [5.74, 6) is -0.352. The predicted molar refractivity (Wildman–Crippen MR) is 111 cm³/mol. The third kappa shape index (κ3) is 3.53. The van der Waals surface area contributed by atoms with Gasteiger partial charge in [0.15, 0.2) is 0 Å². The number of anilines is 1. The van der Waals surface area contributed by atoms with Crippen LogP contribution in [0.1, 0.15) is 26.3 Å². The molecule has 0 radical (unpaired) electrons. The van der Waals surface area contributed by atoms with Crippen molar-refractivity contribution in [1.29, 1.82) is 0 Å². The molecular formula is C22H18N2O5S. The Balaban J connectivity index is 1.63. The lowest BCUT2D eigenvalue weighted by molar-refractivity contribution is 0.0641. The third-order valence-electron chi connectivity index (χ3n) is 4.79. The maximum Gasteiger partial charge on any atom is 0.261 e. The van der Waals surface area contributed by atoms with Gasteiger partial charge in [0.1, 0.15) is 5.75 Å². The first-order valence-electron chi connectivity index (χ1n) is 9.11. The minimum atomic E-state index is -3.78. The maximum atomic E-state index is 12.7. The number of hydrogen-bond donors (Lipinski definition) is 1. The molecule has 7 nitrogen and oxygen atoms in total. The molecule has 0 bridgehead atoms. The van der Waals surface area contributed by atoms with E-state index in [1.54, 1.807) is 60.7 Å². The highest BCUT2D eigenvalue weighted by atomic mass is 32.2. The Kier molecular flexibility index (Phi) is 5.01. The third-order valence-corrected chi connectivity index (χ3v) is 6.19. The van der Waals surface area contributed by atoms with Crippen molar-refractivity contribution in [2.75, 3.05) is 11.8 Å². The number of fused-ring (bicyclic) bond motifs is 1. The number of methoxy groups -OCH3 is 1. The Labute approximate surface area is 174 Å². The molecule has 152 valence electrons. The Morgan fingerprint density at radius 1 is 0.867 bits per heavy atom. The van der Waals surface area contributed by atoms with Crippen LogP contribution in [0.5, 0.6) is 5.75 Å². The van der Waals surface area contributed by atoms with E-state index in [-0.39, 0.29) is 11.4 Å². The number of sulfonamides is 1. The van der Waals surface area contributed by atoms with Crippen LogP contribution in [-0.2, 0) is 16.6 Å². The van der Waals surface area contributed by atoms with Crippen LogP contribution >= 0.6 is 0 Å². The summed E-state index contributed by atoms with van der Waals surface area (Å²) in [6.45, 7) is -0.0452. The normalized spacial score (nSPS) is 13.3. The average Bonchev–Trinajstić information content (AvgIpc) is 2.99. The van der Waals surface area contributed by atoms with Gasteiger partial charge in [-0.2, -0.15) is 0 Å². The molecule has 4 rings (SSSR count). The molecule has 0 fully saturated rings. The van der Waals surface area contributed by atoms with Crippen LogP contribution in [0.2, 0.25) is 0 Å². The zero-order valence-corrected chi connectivity index (χ0v) is 16.8. The highest BCUT2D eigenvalue weighted by molar-refractivity contribution is 7.92. The van der Waals surface area contributed by atoms with Crippen molar-refractivity contribution in [3.8, 4) is 5.75 Å². The van der Waals surface area contributed by atoms with E-state index in [4.69, 9.17) is 4.74 Å². The molecule has 0 aliphatic carbocycles. The molecule has 0 saturated carbocycles. The van der Waals surface area contributed by atoms with Crippen LogP contribution in [0.4, 0.5) is 5.69 Å². The first-order chi connectivity index (χ1) is 14.4. The Morgan fingerprint density at radius 2 is 1.47 bits per heavy atom. The summed E-state index contributed by atoms with van der Waals surface area (Å²) in [6, 6.07) is 19.3. The Morgan fingerprint density at radius 3 is 2.07 bits per heavy atom. The van der Waals surface area contributed by atoms with Gasteiger partial charge in [-0.15, -0.1) is 0 Å². The van der Waals surface area contributed by atoms with Gasteiger partial charge in [-0.25, -0.2) is 8.42 Å². The summed E-state index contributed by atoms with van der Waals surface area (Å²) in [7, 11) is -2.31. The topological polar surface area (TPSA) is 92.8 Å². The number of amides is 2. The van der Waals surface area contributed by atoms with E-state index in [0.29, 0.717) is 28.1 Å². The van der Waals surface area contributed by atoms with Crippen molar-refractivity contribution < 1.29 is 22.7 Å². The summed E-state index contributed by atoms with van der Waals surface area (Å²) >= 11 is 0. The first-order valence-corrected chi connectivity index (χ1v) is 10.6. The lowest BCUT2D eigenvalue weighted by atomic mass is 10.1. The van der Waals surface area contributed by atoms with Crippen LogP contribution in [0, 0.1) is 0 Å². The number of nitrogens with zero attached hydrogens (tertiary/aromatic N) is 1. The fraction of sp³-hybridized carbons (Fsp3) is 0.0909. The van der Waals surface area contributed by atoms with Gasteiger partial charge in [0, 0.05) is 11.3 Å². The van der Waals surface area contributed by atoms with Gasteiger partial charge in [-0.1, -0.05) is 30.3 Å². The second kappa shape index (κ2) is 7.64. The number of benzene rings is 3. The lowest BCUT2D eigenvalue weighted by Crippen LogP contribution is -2.29. The second-order valence-corrected chi connectivity index (χ2v) is 8.37. The molecule has 3 aromatic carbocycles. The molecule has 1 aliphatic rings. The molecule has 0 unspecified atom stereocenters. The number of imide groups is 1. The zero-order valence-electron chi connectivity index (χ0n) is 16.0. The zero-order chi connectivity index (χ0) is 21.3. The number of hydrogen-bond acceptors (Lipinski definition) is 5. The van der Waals surface area contributed by atoms with Gasteiger partial charge in [0.05, 0.1) is 29.7 Å². The van der Waals surface area contributed by atoms with E-state index < -0.39 is 21.8 Å². The van der Waals surface area contributed by atoms with Gasteiger partial charge in [0.2, 0.25) is 0 Å². The van der Waals surface area contributed by atoms with Gasteiger partial charge >= 0.3 is 0 Å². The standard InChI is InChI=1S/C22H18N2O5S/c1-29-20-12-11-16(23-30(27,28)17-7-3-2-4-8-17)13-15(20)14-24-21(25)18-9-5-6-10-19(18)22(24)26/h2-13,23H,14H2,1H3. The van der Waals surface area contributed by atoms with Crippen LogP contribution < -0.4 is 9.46 Å². The van der Waals surface area contributed by atoms with Crippen LogP contribution in [0.15, 0.2) is 77.7 Å². The Bertz CT molecular complexity index is 1200. The molecule has 30 heavy (non-hydrogen) atoms. The van der Waals surface area contributed by atoms with Crippen molar-refractivity contribution in [3.63, 3.8) is 0 Å². The van der Waals surface area contributed by atoms with E-state index in [2.05, 4.69) is 4.72 Å². The SMILES string of the molecule is COc1ccc(NS(=O)(=O)c2ccccc2)cc1CN1C(=O)c2ccccc2C1=O. The number of carbonyl (C=O) groups is 2. The van der Waals surface area contributed by atoms with Gasteiger partial charge in [-0.05, 0) is 42.5 Å². The molecule has 2 amide bonds. The Hall–Kier alpha value is -3.65. The molecule has 1 aliphatic heterocycles. The smallest absolute Gasteiger partial charge is 0.261 e. The number of ether oxygens (including phenoxy) is 1. The van der Waals surface area contributed by atoms with Crippen LogP contribution in [0.25, 0.3) is 0 Å². The largest absolute Gasteiger partial charge is 0.496 e. The predicted octanol–water partition coefficient (Wildman–Crippen LogP) is 3.29. The van der Waals surface area contributed by atoms with Crippen molar-refractivity contribution in [2.45, 2.75) is 11.4 Å². The summed E-state index contributed by atoms with van der Waals surface area (Å²) in [5, 5.41) is 0. The maximum absolute atomic E-state index is 12.7. The van der Waals surface area contributed by atoms with Crippen molar-refractivity contribution in [2.24, 2.45) is 0 Å². The minimum absolute atomic E-state index is 0.0452. The molecule has 0 saturated heterocycles. The molecule has 0 aromatic heterocycles. The molecular weight excluding hydrogens is 404 g/mol. The van der Waals surface area contributed by atoms with Gasteiger partial charge < -0.3 is 4.74 Å². The molecule has 1 heterocycles. The molecule has 8 heteroatoms. The fourth-order valence-electron chi connectivity index (χ4n) is 3.33. The summed E-state index contributed by atoms with van der Waals surface area (Å²) in [4.78, 5) is 26.6. The highest BCUT2D eigenvalue weighted by Crippen LogP contribution is 2.29. The van der Waals surface area contributed by atoms with E-state index in [0.717, 1.165) is 4.90 Å². The summed E-state index contributed by atoms with van der Waals surface area (Å²) < 4.78 is 33.1. The van der Waals surface area contributed by atoms with Crippen molar-refractivity contribution in [1.82, 2.24) is 4.90 Å². The monoisotopic (exact) mass is 422 g/mol. The van der Waals surface area contributed by atoms with E-state index >= 15 is 0 Å². The second-order valence-electron chi connectivity index (χ2n) is 6.69. The first kappa shape index (κ1) is 19.7. The van der Waals surface area contributed by atoms with E-state index in [9.17, 15) is 18.0 Å². The number of carbonyl (C=O) groups excluding carboxylic acids is 2. The molecule has 3 aromatic rings. The summed E-state index contributed by atoms with van der Waals surface area (Å²) in [6.07, 6.45) is 0. The fourth-order valence-corrected chi connectivity index (χ4v) is 4.40. The molecule has 1 N–H and O–H groups in total. The van der Waals surface area contributed by atoms with Crippen molar-refractivity contribution in [3.05, 3.63) is 89.5 Å². The van der Waals surface area contributed by atoms with E-state index in [1.807, 2.05) is 0 Å². The molecule has 0 atom stereocenters. The van der Waals surface area contributed by atoms with Crippen LogP contribution in [-0.4, -0.2) is 32.2 Å². The van der Waals surface area contributed by atoms with Crippen LogP contribution in [0.3, 0.4) is 0 Å². The summed E-state index contributed by atoms with van der Waals surface area (Å²) in [5.41, 5.74) is 1.50. The minimum Gasteiger partial charge on any atom is -0.496 e. The highest BCUT2D eigenvalue weighted by Gasteiger charge is 2.35. The molecule has 0 spiro atoms. The number of rotatable bonds is 6. The van der Waals surface area contributed by atoms with Gasteiger partial charge in [-0.3, -0.25) is 19.2 Å².